The number of hydrogen-bond donors (Lipinski definition) is 1. The molecule has 1 saturated heterocycles. The number of carbonyl (C=O) groups is 1. The van der Waals surface area contributed by atoms with Gasteiger partial charge in [-0.25, -0.2) is 4.98 Å². The van der Waals surface area contributed by atoms with Gasteiger partial charge in [0.15, 0.2) is 5.13 Å². The van der Waals surface area contributed by atoms with E-state index in [1.54, 1.807) is 11.3 Å². The normalized spacial score (nSPS) is 20.1. The molecule has 1 fully saturated rings. The van der Waals surface area contributed by atoms with Gasteiger partial charge in [-0.15, -0.1) is 22.7 Å². The fourth-order valence-electron chi connectivity index (χ4n) is 3.88. The summed E-state index contributed by atoms with van der Waals surface area (Å²) in [6, 6.07) is 6.01. The third-order valence-electron chi connectivity index (χ3n) is 5.02. The molecule has 2 atom stereocenters. The number of morpholine rings is 1. The molecule has 1 N–H and O–H groups in total. The number of ether oxygens (including phenoxy) is 1. The van der Waals surface area contributed by atoms with Crippen molar-refractivity contribution in [2.45, 2.75) is 46.4 Å². The minimum atomic E-state index is -0.122. The van der Waals surface area contributed by atoms with Crippen molar-refractivity contribution in [2.75, 3.05) is 18.4 Å². The third kappa shape index (κ3) is 4.45. The Bertz CT molecular complexity index is 977. The summed E-state index contributed by atoms with van der Waals surface area (Å²) in [5.74, 6) is -0.122. The minimum Gasteiger partial charge on any atom is -0.373 e. The molecule has 3 aromatic heterocycles. The molecular weight excluding hydrogens is 404 g/mol. The second kappa shape index (κ2) is 8.39. The van der Waals surface area contributed by atoms with Gasteiger partial charge < -0.3 is 9.30 Å². The largest absolute Gasteiger partial charge is 0.373 e. The molecule has 8 heteroatoms. The van der Waals surface area contributed by atoms with Crippen LogP contribution in [0.3, 0.4) is 0 Å². The Morgan fingerprint density at radius 1 is 1.17 bits per heavy atom. The second-order valence-electron chi connectivity index (χ2n) is 7.64. The van der Waals surface area contributed by atoms with Crippen LogP contribution in [0.5, 0.6) is 0 Å². The first kappa shape index (κ1) is 20.3. The lowest BCUT2D eigenvalue weighted by Crippen LogP contribution is -2.44. The molecule has 2 unspecified atom stereocenters. The predicted molar refractivity (Wildman–Crippen MR) is 118 cm³/mol. The minimum absolute atomic E-state index is 0.122. The van der Waals surface area contributed by atoms with Gasteiger partial charge >= 0.3 is 0 Å². The number of anilines is 1. The summed E-state index contributed by atoms with van der Waals surface area (Å²) in [5.41, 5.74) is 3.88. The quantitative estimate of drug-likeness (QED) is 0.649. The van der Waals surface area contributed by atoms with Crippen LogP contribution >= 0.6 is 22.7 Å². The average Bonchev–Trinajstić information content (AvgIpc) is 3.35. The number of aryl methyl sites for hydroxylation is 2. The number of amides is 1. The smallest absolute Gasteiger partial charge is 0.260 e. The van der Waals surface area contributed by atoms with Crippen LogP contribution < -0.4 is 5.32 Å². The number of rotatable bonds is 5. The topological polar surface area (TPSA) is 59.4 Å². The highest BCUT2D eigenvalue weighted by Crippen LogP contribution is 2.27. The zero-order chi connectivity index (χ0) is 20.5. The van der Waals surface area contributed by atoms with Crippen LogP contribution in [0.25, 0.3) is 5.00 Å². The first-order valence-electron chi connectivity index (χ1n) is 9.77. The van der Waals surface area contributed by atoms with Crippen molar-refractivity contribution in [1.29, 1.82) is 0 Å². The summed E-state index contributed by atoms with van der Waals surface area (Å²) in [4.78, 5) is 19.9. The number of hydrogen-bond acceptors (Lipinski definition) is 6. The fraction of sp³-hybridized carbons (Fsp3) is 0.429. The molecule has 0 spiro atoms. The zero-order valence-electron chi connectivity index (χ0n) is 17.1. The Hall–Kier alpha value is -2.00. The van der Waals surface area contributed by atoms with E-state index in [0.29, 0.717) is 10.7 Å². The molecule has 0 aromatic carbocycles. The molecule has 1 aliphatic heterocycles. The Morgan fingerprint density at radius 3 is 2.55 bits per heavy atom. The molecule has 1 amide bonds. The van der Waals surface area contributed by atoms with E-state index in [4.69, 9.17) is 4.74 Å². The lowest BCUT2D eigenvalue weighted by Gasteiger charge is -2.34. The van der Waals surface area contributed by atoms with E-state index in [9.17, 15) is 4.79 Å². The molecule has 4 rings (SSSR count). The molecule has 3 aromatic rings. The van der Waals surface area contributed by atoms with Crippen molar-refractivity contribution in [3.8, 4) is 5.00 Å². The Balaban J connectivity index is 1.45. The highest BCUT2D eigenvalue weighted by molar-refractivity contribution is 7.14. The number of carbonyl (C=O) groups excluding carboxylic acids is 1. The van der Waals surface area contributed by atoms with Gasteiger partial charge in [0.1, 0.15) is 5.00 Å². The van der Waals surface area contributed by atoms with Crippen molar-refractivity contribution in [3.63, 3.8) is 0 Å². The summed E-state index contributed by atoms with van der Waals surface area (Å²) in [6.07, 6.45) is 0.461. The van der Waals surface area contributed by atoms with Crippen LogP contribution in [0.4, 0.5) is 5.13 Å². The Labute approximate surface area is 179 Å². The number of nitrogens with one attached hydrogen (secondary N) is 1. The standard InChI is InChI=1S/C21H26N4O2S2/c1-13-5-6-14(2)25(13)20-18(7-8-28-20)19(26)23-21-22-17(12-29-21)11-24-9-15(3)27-16(4)10-24/h5-8,12,15-16H,9-11H2,1-4H3,(H,22,23,26). The van der Waals surface area contributed by atoms with Gasteiger partial charge in [-0.05, 0) is 51.3 Å². The van der Waals surface area contributed by atoms with Gasteiger partial charge in [-0.2, -0.15) is 0 Å². The van der Waals surface area contributed by atoms with Crippen LogP contribution in [0.1, 0.15) is 41.3 Å². The lowest BCUT2D eigenvalue weighted by atomic mass is 10.2. The number of thiophene rings is 1. The van der Waals surface area contributed by atoms with Crippen LogP contribution in [0.15, 0.2) is 29.0 Å². The lowest BCUT2D eigenvalue weighted by molar-refractivity contribution is -0.0707. The summed E-state index contributed by atoms with van der Waals surface area (Å²) >= 11 is 3.04. The van der Waals surface area contributed by atoms with E-state index in [-0.39, 0.29) is 18.1 Å². The molecule has 154 valence electrons. The van der Waals surface area contributed by atoms with E-state index in [2.05, 4.69) is 59.6 Å². The maximum absolute atomic E-state index is 12.9. The predicted octanol–water partition coefficient (Wildman–Crippen LogP) is 4.47. The van der Waals surface area contributed by atoms with Crippen LogP contribution in [-0.2, 0) is 11.3 Å². The van der Waals surface area contributed by atoms with Gasteiger partial charge in [0.25, 0.3) is 5.91 Å². The van der Waals surface area contributed by atoms with Crippen LogP contribution in [0.2, 0.25) is 0 Å². The monoisotopic (exact) mass is 430 g/mol. The SMILES string of the molecule is Cc1ccc(C)n1-c1sccc1C(=O)Nc1nc(CN2CC(C)OC(C)C2)cs1. The molecule has 29 heavy (non-hydrogen) atoms. The third-order valence-corrected chi connectivity index (χ3v) is 6.72. The molecule has 6 nitrogen and oxygen atoms in total. The average molecular weight is 431 g/mol. The van der Waals surface area contributed by atoms with Crippen molar-refractivity contribution >= 4 is 33.7 Å². The van der Waals surface area contributed by atoms with E-state index in [0.717, 1.165) is 41.7 Å². The van der Waals surface area contributed by atoms with E-state index >= 15 is 0 Å². The summed E-state index contributed by atoms with van der Waals surface area (Å²) in [6.45, 7) is 10.9. The van der Waals surface area contributed by atoms with E-state index < -0.39 is 0 Å². The maximum atomic E-state index is 12.9. The molecule has 4 heterocycles. The number of aromatic nitrogens is 2. The zero-order valence-corrected chi connectivity index (χ0v) is 18.8. The molecule has 1 aliphatic rings. The highest BCUT2D eigenvalue weighted by Gasteiger charge is 2.23. The van der Waals surface area contributed by atoms with Gasteiger partial charge in [0.05, 0.1) is 23.5 Å². The summed E-state index contributed by atoms with van der Waals surface area (Å²) < 4.78 is 7.91. The highest BCUT2D eigenvalue weighted by atomic mass is 32.1. The van der Waals surface area contributed by atoms with Crippen molar-refractivity contribution < 1.29 is 9.53 Å². The second-order valence-corrected chi connectivity index (χ2v) is 9.39. The Morgan fingerprint density at radius 2 is 1.86 bits per heavy atom. The first-order chi connectivity index (χ1) is 13.9. The molecule has 0 radical (unpaired) electrons. The maximum Gasteiger partial charge on any atom is 0.260 e. The van der Waals surface area contributed by atoms with Gasteiger partial charge in [0, 0.05) is 36.4 Å². The van der Waals surface area contributed by atoms with E-state index in [1.165, 1.54) is 11.3 Å². The van der Waals surface area contributed by atoms with Crippen molar-refractivity contribution in [2.24, 2.45) is 0 Å². The summed E-state index contributed by atoms with van der Waals surface area (Å²) in [7, 11) is 0. The van der Waals surface area contributed by atoms with Gasteiger partial charge in [-0.3, -0.25) is 15.0 Å². The molecular formula is C21H26N4O2S2. The van der Waals surface area contributed by atoms with Gasteiger partial charge in [-0.1, -0.05) is 0 Å². The fourth-order valence-corrected chi connectivity index (χ4v) is 5.59. The van der Waals surface area contributed by atoms with E-state index in [1.807, 2.05) is 16.8 Å². The van der Waals surface area contributed by atoms with Crippen LogP contribution in [-0.4, -0.2) is 45.7 Å². The molecule has 0 bridgehead atoms. The molecule has 0 saturated carbocycles. The summed E-state index contributed by atoms with van der Waals surface area (Å²) in [5, 5.41) is 8.53. The molecule has 0 aliphatic carbocycles. The van der Waals surface area contributed by atoms with Crippen molar-refractivity contribution in [1.82, 2.24) is 14.5 Å². The van der Waals surface area contributed by atoms with Crippen molar-refractivity contribution in [3.05, 3.63) is 51.6 Å². The van der Waals surface area contributed by atoms with Gasteiger partial charge in [0.2, 0.25) is 0 Å². The Kier molecular flexibility index (Phi) is 5.87. The first-order valence-corrected chi connectivity index (χ1v) is 11.5. The number of thiazole rings is 1. The van der Waals surface area contributed by atoms with Crippen LogP contribution in [0, 0.1) is 13.8 Å². The number of nitrogens with zero attached hydrogens (tertiary/aromatic N) is 3.